The van der Waals surface area contributed by atoms with Crippen LogP contribution in [0.1, 0.15) is 57.1 Å². The molecule has 0 amide bonds. The van der Waals surface area contributed by atoms with E-state index in [1.165, 1.54) is 32.1 Å². The molecule has 0 aromatic heterocycles. The molecule has 106 valence electrons. The smallest absolute Gasteiger partial charge is 0.120 e. The fourth-order valence-electron chi connectivity index (χ4n) is 2.98. The zero-order valence-electron chi connectivity index (χ0n) is 11.7. The molecule has 1 saturated carbocycles. The summed E-state index contributed by atoms with van der Waals surface area (Å²) in [6.45, 7) is 3.24. The van der Waals surface area contributed by atoms with Crippen LogP contribution >= 0.6 is 15.9 Å². The van der Waals surface area contributed by atoms with Gasteiger partial charge in [-0.25, -0.2) is 0 Å². The highest BCUT2D eigenvalue weighted by molar-refractivity contribution is 9.10. The number of nitrogens with one attached hydrogen (secondary N) is 1. The third-order valence-corrected chi connectivity index (χ3v) is 4.64. The van der Waals surface area contributed by atoms with Gasteiger partial charge < -0.3 is 10.4 Å². The molecule has 1 unspecified atom stereocenters. The van der Waals surface area contributed by atoms with E-state index < -0.39 is 0 Å². The van der Waals surface area contributed by atoms with Gasteiger partial charge in [0, 0.05) is 16.1 Å². The number of phenols is 1. The van der Waals surface area contributed by atoms with Gasteiger partial charge in [0.25, 0.3) is 0 Å². The van der Waals surface area contributed by atoms with Crippen molar-refractivity contribution in [3.63, 3.8) is 0 Å². The summed E-state index contributed by atoms with van der Waals surface area (Å²) in [5.74, 6) is 1.21. The van der Waals surface area contributed by atoms with E-state index in [4.69, 9.17) is 0 Å². The van der Waals surface area contributed by atoms with Crippen LogP contribution in [0.15, 0.2) is 22.7 Å². The Morgan fingerprint density at radius 2 is 2.05 bits per heavy atom. The average molecular weight is 326 g/mol. The van der Waals surface area contributed by atoms with Gasteiger partial charge in [-0.1, -0.05) is 42.1 Å². The van der Waals surface area contributed by atoms with E-state index in [2.05, 4.69) is 28.2 Å². The summed E-state index contributed by atoms with van der Waals surface area (Å²) in [6, 6.07) is 5.92. The van der Waals surface area contributed by atoms with Crippen LogP contribution in [-0.4, -0.2) is 11.7 Å². The van der Waals surface area contributed by atoms with Crippen molar-refractivity contribution in [2.75, 3.05) is 6.54 Å². The summed E-state index contributed by atoms with van der Waals surface area (Å²) in [5, 5.41) is 13.7. The van der Waals surface area contributed by atoms with Crippen molar-refractivity contribution in [2.24, 2.45) is 5.92 Å². The lowest BCUT2D eigenvalue weighted by Gasteiger charge is -2.25. The van der Waals surface area contributed by atoms with Crippen LogP contribution in [0.4, 0.5) is 0 Å². The molecule has 3 heteroatoms. The lowest BCUT2D eigenvalue weighted by atomic mass is 9.89. The fraction of sp³-hybridized carbons (Fsp3) is 0.625. The Balaban J connectivity index is 1.97. The molecular weight excluding hydrogens is 302 g/mol. The van der Waals surface area contributed by atoms with Gasteiger partial charge in [0.1, 0.15) is 5.75 Å². The molecule has 1 aliphatic carbocycles. The first-order chi connectivity index (χ1) is 9.20. The third kappa shape index (κ3) is 4.22. The summed E-state index contributed by atoms with van der Waals surface area (Å²) in [4.78, 5) is 0. The molecule has 0 bridgehead atoms. The monoisotopic (exact) mass is 325 g/mol. The minimum absolute atomic E-state index is 0.249. The summed E-state index contributed by atoms with van der Waals surface area (Å²) >= 11 is 3.48. The summed E-state index contributed by atoms with van der Waals surface area (Å²) in [7, 11) is 0. The Labute approximate surface area is 124 Å². The van der Waals surface area contributed by atoms with E-state index in [0.717, 1.165) is 28.9 Å². The number of hydrogen-bond donors (Lipinski definition) is 2. The number of hydrogen-bond acceptors (Lipinski definition) is 2. The van der Waals surface area contributed by atoms with E-state index in [1.54, 1.807) is 6.07 Å². The summed E-state index contributed by atoms with van der Waals surface area (Å²) < 4.78 is 1.03. The van der Waals surface area contributed by atoms with Crippen molar-refractivity contribution in [1.82, 2.24) is 5.32 Å². The molecule has 0 aliphatic heterocycles. The molecule has 2 rings (SSSR count). The highest BCUT2D eigenvalue weighted by Gasteiger charge is 2.17. The Morgan fingerprint density at radius 1 is 1.32 bits per heavy atom. The molecular formula is C16H24BrNO. The van der Waals surface area contributed by atoms with E-state index in [-0.39, 0.29) is 6.04 Å². The SMILES string of the molecule is CCC(NCC1CCCCC1)c1cc(Br)ccc1O. The average Bonchev–Trinajstić information content (AvgIpc) is 2.44. The molecule has 0 heterocycles. The zero-order valence-corrected chi connectivity index (χ0v) is 13.2. The number of aromatic hydroxyl groups is 1. The van der Waals surface area contributed by atoms with Gasteiger partial charge in [0.15, 0.2) is 0 Å². The number of rotatable bonds is 5. The summed E-state index contributed by atoms with van der Waals surface area (Å²) in [5.41, 5.74) is 1.01. The quantitative estimate of drug-likeness (QED) is 0.816. The number of halogens is 1. The molecule has 1 atom stereocenters. The molecule has 1 fully saturated rings. The van der Waals surface area contributed by atoms with Crippen LogP contribution in [0.25, 0.3) is 0 Å². The number of phenolic OH excluding ortho intramolecular Hbond substituents is 1. The van der Waals surface area contributed by atoms with Crippen molar-refractivity contribution in [2.45, 2.75) is 51.5 Å². The first kappa shape index (κ1) is 14.9. The minimum Gasteiger partial charge on any atom is -0.508 e. The maximum atomic E-state index is 10.0. The Hall–Kier alpha value is -0.540. The molecule has 19 heavy (non-hydrogen) atoms. The van der Waals surface area contributed by atoms with Gasteiger partial charge in [-0.15, -0.1) is 0 Å². The minimum atomic E-state index is 0.249. The van der Waals surface area contributed by atoms with Crippen LogP contribution in [0.2, 0.25) is 0 Å². The lowest BCUT2D eigenvalue weighted by Crippen LogP contribution is -2.28. The zero-order chi connectivity index (χ0) is 13.7. The van der Waals surface area contributed by atoms with Crippen molar-refractivity contribution < 1.29 is 5.11 Å². The predicted molar refractivity (Wildman–Crippen MR) is 83.4 cm³/mol. The topological polar surface area (TPSA) is 32.3 Å². The first-order valence-electron chi connectivity index (χ1n) is 7.42. The second-order valence-corrected chi connectivity index (χ2v) is 6.49. The Kier molecular flexibility index (Phi) is 5.71. The second-order valence-electron chi connectivity index (χ2n) is 5.58. The van der Waals surface area contributed by atoms with Crippen molar-refractivity contribution >= 4 is 15.9 Å². The standard InChI is InChI=1S/C16H24BrNO/c1-2-15(14-10-13(17)8-9-16(14)19)18-11-12-6-4-3-5-7-12/h8-10,12,15,18-19H,2-7,11H2,1H3. The lowest BCUT2D eigenvalue weighted by molar-refractivity contribution is 0.323. The largest absolute Gasteiger partial charge is 0.508 e. The van der Waals surface area contributed by atoms with Crippen LogP contribution in [0.5, 0.6) is 5.75 Å². The normalized spacial score (nSPS) is 18.4. The molecule has 2 N–H and O–H groups in total. The maximum Gasteiger partial charge on any atom is 0.120 e. The van der Waals surface area contributed by atoms with Crippen molar-refractivity contribution in [3.8, 4) is 5.75 Å². The summed E-state index contributed by atoms with van der Waals surface area (Å²) in [6.07, 6.45) is 7.87. The maximum absolute atomic E-state index is 10.0. The van der Waals surface area contributed by atoms with E-state index >= 15 is 0 Å². The molecule has 0 radical (unpaired) electrons. The first-order valence-corrected chi connectivity index (χ1v) is 8.21. The molecule has 1 aliphatic rings. The second kappa shape index (κ2) is 7.30. The molecule has 0 spiro atoms. The molecule has 2 nitrogen and oxygen atoms in total. The molecule has 0 saturated heterocycles. The van der Waals surface area contributed by atoms with Gasteiger partial charge in [-0.2, -0.15) is 0 Å². The predicted octanol–water partition coefficient (Wildman–Crippen LogP) is 4.78. The van der Waals surface area contributed by atoms with Gasteiger partial charge in [-0.3, -0.25) is 0 Å². The van der Waals surface area contributed by atoms with Gasteiger partial charge in [0.05, 0.1) is 0 Å². The fourth-order valence-corrected chi connectivity index (χ4v) is 3.36. The van der Waals surface area contributed by atoms with Gasteiger partial charge in [0.2, 0.25) is 0 Å². The Bertz CT molecular complexity index is 402. The molecule has 1 aromatic rings. The highest BCUT2D eigenvalue weighted by atomic mass is 79.9. The number of benzene rings is 1. The Morgan fingerprint density at radius 3 is 2.74 bits per heavy atom. The van der Waals surface area contributed by atoms with E-state index in [0.29, 0.717) is 5.75 Å². The van der Waals surface area contributed by atoms with Gasteiger partial charge >= 0.3 is 0 Å². The third-order valence-electron chi connectivity index (χ3n) is 4.15. The van der Waals surface area contributed by atoms with E-state index in [9.17, 15) is 5.11 Å². The van der Waals surface area contributed by atoms with E-state index in [1.807, 2.05) is 12.1 Å². The van der Waals surface area contributed by atoms with Crippen LogP contribution < -0.4 is 5.32 Å². The van der Waals surface area contributed by atoms with Gasteiger partial charge in [-0.05, 0) is 49.9 Å². The van der Waals surface area contributed by atoms with Crippen LogP contribution in [-0.2, 0) is 0 Å². The van der Waals surface area contributed by atoms with Crippen LogP contribution in [0.3, 0.4) is 0 Å². The van der Waals surface area contributed by atoms with Crippen LogP contribution in [0, 0.1) is 5.92 Å². The highest BCUT2D eigenvalue weighted by Crippen LogP contribution is 2.30. The van der Waals surface area contributed by atoms with Crippen molar-refractivity contribution in [1.29, 1.82) is 0 Å². The molecule has 1 aromatic carbocycles. The van der Waals surface area contributed by atoms with Crippen molar-refractivity contribution in [3.05, 3.63) is 28.2 Å².